The summed E-state index contributed by atoms with van der Waals surface area (Å²) in [6, 6.07) is 20.5. The first-order chi connectivity index (χ1) is 12.7. The average Bonchev–Trinajstić information content (AvgIpc) is 3.10. The maximum Gasteiger partial charge on any atom is 0.0705 e. The van der Waals surface area contributed by atoms with Crippen LogP contribution in [0.4, 0.5) is 0 Å². The minimum absolute atomic E-state index is 0.732. The zero-order chi connectivity index (χ0) is 17.9. The van der Waals surface area contributed by atoms with Gasteiger partial charge in [-0.15, -0.1) is 11.8 Å². The Hall–Kier alpha value is -1.84. The molecule has 1 aromatic heterocycles. The lowest BCUT2D eigenvalue weighted by molar-refractivity contribution is 0.271. The topological polar surface area (TPSA) is 16.1 Å². The largest absolute Gasteiger partial charge is 0.300 e. The molecule has 2 nitrogen and oxygen atoms in total. The van der Waals surface area contributed by atoms with E-state index >= 15 is 0 Å². The van der Waals surface area contributed by atoms with Crippen LogP contribution in [0.25, 0.3) is 22.0 Å². The van der Waals surface area contributed by atoms with Crippen molar-refractivity contribution in [2.45, 2.75) is 37.1 Å². The molecule has 1 unspecified atom stereocenters. The zero-order valence-electron chi connectivity index (χ0n) is 15.6. The normalized spacial score (nSPS) is 17.8. The van der Waals surface area contributed by atoms with Crippen LogP contribution in [0.15, 0.2) is 59.5 Å². The van der Waals surface area contributed by atoms with Crippen LogP contribution in [0.2, 0.25) is 0 Å². The summed E-state index contributed by atoms with van der Waals surface area (Å²) in [5, 5.41) is 1.22. The highest BCUT2D eigenvalue weighted by Gasteiger charge is 2.19. The maximum absolute atomic E-state index is 4.89. The first-order valence-electron chi connectivity index (χ1n) is 9.51. The molecule has 26 heavy (non-hydrogen) atoms. The molecule has 0 radical (unpaired) electrons. The number of rotatable bonds is 5. The molecule has 1 aliphatic rings. The van der Waals surface area contributed by atoms with E-state index in [1.807, 2.05) is 0 Å². The van der Waals surface area contributed by atoms with Gasteiger partial charge < -0.3 is 4.90 Å². The molecule has 2 aromatic carbocycles. The molecule has 4 rings (SSSR count). The van der Waals surface area contributed by atoms with E-state index in [1.165, 1.54) is 46.5 Å². The minimum atomic E-state index is 0.732. The van der Waals surface area contributed by atoms with Gasteiger partial charge in [-0.05, 0) is 74.0 Å². The van der Waals surface area contributed by atoms with Crippen LogP contribution in [-0.4, -0.2) is 35.3 Å². The lowest BCUT2D eigenvalue weighted by atomic mass is 10.0. The molecule has 2 heterocycles. The van der Waals surface area contributed by atoms with Gasteiger partial charge in [0.05, 0.1) is 5.52 Å². The van der Waals surface area contributed by atoms with Gasteiger partial charge in [0.15, 0.2) is 0 Å². The van der Waals surface area contributed by atoms with Crippen molar-refractivity contribution in [2.75, 3.05) is 19.3 Å². The second-order valence-corrected chi connectivity index (χ2v) is 8.10. The zero-order valence-corrected chi connectivity index (χ0v) is 16.4. The number of nitrogens with zero attached hydrogens (tertiary/aromatic N) is 2. The lowest BCUT2D eigenvalue weighted by Crippen LogP contribution is -2.29. The van der Waals surface area contributed by atoms with Crippen molar-refractivity contribution < 1.29 is 0 Å². The molecular formula is C23H26N2S. The monoisotopic (exact) mass is 362 g/mol. The van der Waals surface area contributed by atoms with Crippen molar-refractivity contribution in [1.29, 1.82) is 0 Å². The summed E-state index contributed by atoms with van der Waals surface area (Å²) < 4.78 is 0. The number of hydrogen-bond acceptors (Lipinski definition) is 3. The van der Waals surface area contributed by atoms with Crippen LogP contribution in [0.5, 0.6) is 0 Å². The molecule has 1 fully saturated rings. The van der Waals surface area contributed by atoms with Gasteiger partial charge >= 0.3 is 0 Å². The van der Waals surface area contributed by atoms with Gasteiger partial charge in [-0.1, -0.05) is 24.3 Å². The summed E-state index contributed by atoms with van der Waals surface area (Å²) >= 11 is 1.78. The third kappa shape index (κ3) is 3.79. The van der Waals surface area contributed by atoms with Crippen molar-refractivity contribution in [3.63, 3.8) is 0 Å². The van der Waals surface area contributed by atoms with Crippen LogP contribution < -0.4 is 0 Å². The van der Waals surface area contributed by atoms with Gasteiger partial charge in [-0.2, -0.15) is 0 Å². The predicted molar refractivity (Wildman–Crippen MR) is 113 cm³/mol. The fourth-order valence-corrected chi connectivity index (χ4v) is 4.26. The summed E-state index contributed by atoms with van der Waals surface area (Å²) in [5.41, 5.74) is 4.82. The maximum atomic E-state index is 4.89. The summed E-state index contributed by atoms with van der Waals surface area (Å²) in [4.78, 5) is 8.78. The molecule has 0 amide bonds. The Morgan fingerprint density at radius 2 is 1.85 bits per heavy atom. The molecule has 134 valence electrons. The number of thioether (sulfide) groups is 1. The molecular weight excluding hydrogens is 336 g/mol. The van der Waals surface area contributed by atoms with Gasteiger partial charge in [0.2, 0.25) is 0 Å². The van der Waals surface area contributed by atoms with Crippen LogP contribution in [0.3, 0.4) is 0 Å². The number of likely N-dealkylation sites (tertiary alicyclic amines) is 1. The molecule has 0 spiro atoms. The second kappa shape index (κ2) is 7.81. The molecule has 0 N–H and O–H groups in total. The Bertz CT molecular complexity index is 888. The van der Waals surface area contributed by atoms with E-state index in [-0.39, 0.29) is 0 Å². The Morgan fingerprint density at radius 3 is 2.58 bits per heavy atom. The van der Waals surface area contributed by atoms with Crippen molar-refractivity contribution in [3.05, 3.63) is 60.3 Å². The van der Waals surface area contributed by atoms with E-state index in [0.29, 0.717) is 0 Å². The summed E-state index contributed by atoms with van der Waals surface area (Å²) in [5.74, 6) is 0. The van der Waals surface area contributed by atoms with E-state index in [2.05, 4.69) is 72.7 Å². The van der Waals surface area contributed by atoms with Crippen molar-refractivity contribution in [3.8, 4) is 11.1 Å². The van der Waals surface area contributed by atoms with E-state index in [4.69, 9.17) is 4.98 Å². The number of pyridine rings is 1. The predicted octanol–water partition coefficient (Wildman–Crippen LogP) is 5.65. The van der Waals surface area contributed by atoms with Crippen LogP contribution in [0.1, 0.15) is 25.5 Å². The highest BCUT2D eigenvalue weighted by molar-refractivity contribution is 7.98. The molecule has 0 saturated carbocycles. The molecule has 0 aliphatic carbocycles. The molecule has 1 aliphatic heterocycles. The smallest absolute Gasteiger partial charge is 0.0705 e. The standard InChI is InChI=1S/C23H26N2S/c1-17-4-3-14-25(17)15-13-21-9-5-20-16-19(8-12-23(20)24-21)18-6-10-22(26-2)11-7-18/h5-12,16-17H,3-4,13-15H2,1-2H3. The second-order valence-electron chi connectivity index (χ2n) is 7.22. The third-order valence-corrected chi connectivity index (χ3v) is 6.26. The van der Waals surface area contributed by atoms with Crippen molar-refractivity contribution in [2.24, 2.45) is 0 Å². The van der Waals surface area contributed by atoms with Crippen molar-refractivity contribution >= 4 is 22.7 Å². The third-order valence-electron chi connectivity index (χ3n) is 5.52. The number of hydrogen-bond donors (Lipinski definition) is 0. The molecule has 3 heteroatoms. The van der Waals surface area contributed by atoms with Gasteiger partial charge in [0.1, 0.15) is 0 Å². The molecule has 1 atom stereocenters. The number of benzene rings is 2. The molecule has 0 bridgehead atoms. The summed E-state index contributed by atoms with van der Waals surface area (Å²) in [6.45, 7) is 4.71. The van der Waals surface area contributed by atoms with Crippen LogP contribution in [0, 0.1) is 0 Å². The number of fused-ring (bicyclic) bond motifs is 1. The van der Waals surface area contributed by atoms with E-state index in [0.717, 1.165) is 24.5 Å². The van der Waals surface area contributed by atoms with Gasteiger partial charge in [0.25, 0.3) is 0 Å². The van der Waals surface area contributed by atoms with Crippen LogP contribution >= 0.6 is 11.8 Å². The van der Waals surface area contributed by atoms with E-state index < -0.39 is 0 Å². The Morgan fingerprint density at radius 1 is 1.04 bits per heavy atom. The Kier molecular flexibility index (Phi) is 5.28. The molecule has 3 aromatic rings. The number of aromatic nitrogens is 1. The quantitative estimate of drug-likeness (QED) is 0.546. The fourth-order valence-electron chi connectivity index (χ4n) is 3.85. The van der Waals surface area contributed by atoms with Crippen molar-refractivity contribution in [1.82, 2.24) is 9.88 Å². The molecule has 1 saturated heterocycles. The Balaban J connectivity index is 1.52. The SMILES string of the molecule is CSc1ccc(-c2ccc3nc(CCN4CCCC4C)ccc3c2)cc1. The van der Waals surface area contributed by atoms with Gasteiger partial charge in [-0.3, -0.25) is 4.98 Å². The van der Waals surface area contributed by atoms with Crippen LogP contribution in [-0.2, 0) is 6.42 Å². The lowest BCUT2D eigenvalue weighted by Gasteiger charge is -2.20. The average molecular weight is 363 g/mol. The summed E-state index contributed by atoms with van der Waals surface area (Å²) in [6.07, 6.45) is 5.83. The van der Waals surface area contributed by atoms with E-state index in [1.54, 1.807) is 11.8 Å². The van der Waals surface area contributed by atoms with E-state index in [9.17, 15) is 0 Å². The minimum Gasteiger partial charge on any atom is -0.300 e. The first kappa shape index (κ1) is 17.6. The van der Waals surface area contributed by atoms with Gasteiger partial charge in [0, 0.05) is 35.0 Å². The summed E-state index contributed by atoms with van der Waals surface area (Å²) in [7, 11) is 0. The Labute approximate surface area is 160 Å². The highest BCUT2D eigenvalue weighted by Crippen LogP contribution is 2.26. The fraction of sp³-hybridized carbons (Fsp3) is 0.348. The first-order valence-corrected chi connectivity index (χ1v) is 10.7. The highest BCUT2D eigenvalue weighted by atomic mass is 32.2. The van der Waals surface area contributed by atoms with Gasteiger partial charge in [-0.25, -0.2) is 0 Å².